The van der Waals surface area contributed by atoms with E-state index < -0.39 is 6.10 Å². The minimum absolute atomic E-state index is 0.442. The molecule has 1 atom stereocenters. The first-order valence-electron chi connectivity index (χ1n) is 5.88. The van der Waals surface area contributed by atoms with Crippen molar-refractivity contribution in [1.29, 1.82) is 0 Å². The van der Waals surface area contributed by atoms with Crippen LogP contribution in [0.1, 0.15) is 23.9 Å². The first kappa shape index (κ1) is 12.6. The van der Waals surface area contributed by atoms with E-state index in [9.17, 15) is 5.11 Å². The Morgan fingerprint density at radius 1 is 1.44 bits per heavy atom. The summed E-state index contributed by atoms with van der Waals surface area (Å²) in [6.45, 7) is 2.46. The summed E-state index contributed by atoms with van der Waals surface area (Å²) < 4.78 is 7.14. The van der Waals surface area contributed by atoms with E-state index >= 15 is 0 Å². The zero-order valence-electron chi connectivity index (χ0n) is 10.6. The van der Waals surface area contributed by atoms with Crippen molar-refractivity contribution in [2.75, 3.05) is 6.61 Å². The lowest BCUT2D eigenvalue weighted by molar-refractivity contribution is 0.129. The van der Waals surface area contributed by atoms with Crippen LogP contribution in [0.3, 0.4) is 0 Å². The number of aliphatic hydroxyl groups excluding tert-OH is 1. The zero-order valence-corrected chi connectivity index (χ0v) is 10.6. The molecule has 0 saturated heterocycles. The number of nitrogens with zero attached hydrogens (tertiary/aromatic N) is 3. The smallest absolute Gasteiger partial charge is 0.155 e. The van der Waals surface area contributed by atoms with Crippen LogP contribution in [0.25, 0.3) is 0 Å². The van der Waals surface area contributed by atoms with Crippen LogP contribution in [0, 0.1) is 6.92 Å². The maximum atomic E-state index is 9.92. The van der Waals surface area contributed by atoms with E-state index in [1.54, 1.807) is 11.7 Å². The Hall–Kier alpha value is -1.88. The number of benzene rings is 1. The Balaban J connectivity index is 1.84. The summed E-state index contributed by atoms with van der Waals surface area (Å²) in [5, 5.41) is 13.8. The molecule has 2 rings (SSSR count). The second-order valence-corrected chi connectivity index (χ2v) is 4.21. The Bertz CT molecular complexity index is 510. The van der Waals surface area contributed by atoms with Crippen molar-refractivity contribution >= 4 is 0 Å². The minimum atomic E-state index is -0.651. The molecule has 2 aromatic rings. The van der Waals surface area contributed by atoms with E-state index in [-0.39, 0.29) is 0 Å². The van der Waals surface area contributed by atoms with Gasteiger partial charge in [-0.05, 0) is 24.6 Å². The van der Waals surface area contributed by atoms with Gasteiger partial charge >= 0.3 is 0 Å². The fraction of sp³-hybridized carbons (Fsp3) is 0.385. The van der Waals surface area contributed by atoms with Crippen molar-refractivity contribution in [3.63, 3.8) is 0 Å². The van der Waals surface area contributed by atoms with Crippen molar-refractivity contribution in [3.8, 4) is 5.75 Å². The van der Waals surface area contributed by atoms with Crippen LogP contribution in [-0.2, 0) is 7.05 Å². The van der Waals surface area contributed by atoms with Crippen LogP contribution in [0.15, 0.2) is 30.6 Å². The summed E-state index contributed by atoms with van der Waals surface area (Å²) in [4.78, 5) is 4.00. The number of ether oxygens (including phenoxy) is 1. The molecular formula is C13H17N3O2. The largest absolute Gasteiger partial charge is 0.493 e. The van der Waals surface area contributed by atoms with Gasteiger partial charge in [0, 0.05) is 13.5 Å². The van der Waals surface area contributed by atoms with Crippen LogP contribution in [0.5, 0.6) is 5.75 Å². The first-order chi connectivity index (χ1) is 8.66. The molecule has 0 fully saturated rings. The third kappa shape index (κ3) is 3.07. The first-order valence-corrected chi connectivity index (χ1v) is 5.88. The summed E-state index contributed by atoms with van der Waals surface area (Å²) in [6.07, 6.45) is 1.27. The van der Waals surface area contributed by atoms with Gasteiger partial charge in [0.1, 0.15) is 18.2 Å². The summed E-state index contributed by atoms with van der Waals surface area (Å²) in [5.74, 6) is 1.38. The van der Waals surface area contributed by atoms with Crippen molar-refractivity contribution < 1.29 is 9.84 Å². The standard InChI is InChI=1S/C13H17N3O2/c1-10-4-3-5-11(8-10)18-7-6-12(17)13-14-9-15-16(13)2/h3-5,8-9,12,17H,6-7H2,1-2H3. The normalized spacial score (nSPS) is 12.4. The van der Waals surface area contributed by atoms with Gasteiger partial charge in [-0.25, -0.2) is 4.98 Å². The fourth-order valence-corrected chi connectivity index (χ4v) is 1.73. The highest BCUT2D eigenvalue weighted by atomic mass is 16.5. The second-order valence-electron chi connectivity index (χ2n) is 4.21. The van der Waals surface area contributed by atoms with Gasteiger partial charge in [-0.3, -0.25) is 4.68 Å². The Morgan fingerprint density at radius 2 is 2.28 bits per heavy atom. The molecule has 0 aliphatic carbocycles. The number of rotatable bonds is 5. The molecule has 1 aromatic heterocycles. The van der Waals surface area contributed by atoms with Gasteiger partial charge in [0.25, 0.3) is 0 Å². The molecule has 0 aliphatic rings. The predicted octanol–water partition coefficient (Wildman–Crippen LogP) is 1.63. The molecule has 0 spiro atoms. The summed E-state index contributed by atoms with van der Waals surface area (Å²) >= 11 is 0. The molecule has 0 saturated carbocycles. The molecular weight excluding hydrogens is 230 g/mol. The van der Waals surface area contributed by atoms with Gasteiger partial charge in [-0.2, -0.15) is 5.10 Å². The van der Waals surface area contributed by atoms with Gasteiger partial charge in [-0.1, -0.05) is 12.1 Å². The Kier molecular flexibility index (Phi) is 3.94. The molecule has 96 valence electrons. The van der Waals surface area contributed by atoms with Crippen LogP contribution in [0.2, 0.25) is 0 Å². The van der Waals surface area contributed by atoms with Crippen molar-refractivity contribution in [2.24, 2.45) is 7.05 Å². The predicted molar refractivity (Wildman–Crippen MR) is 67.3 cm³/mol. The van der Waals surface area contributed by atoms with Gasteiger partial charge in [-0.15, -0.1) is 0 Å². The number of aliphatic hydroxyl groups is 1. The Labute approximate surface area is 106 Å². The zero-order chi connectivity index (χ0) is 13.0. The molecule has 0 bridgehead atoms. The highest BCUT2D eigenvalue weighted by Crippen LogP contribution is 2.16. The lowest BCUT2D eigenvalue weighted by Crippen LogP contribution is -2.10. The fourth-order valence-electron chi connectivity index (χ4n) is 1.73. The quantitative estimate of drug-likeness (QED) is 0.872. The molecule has 0 radical (unpaired) electrons. The van der Waals surface area contributed by atoms with E-state index in [0.29, 0.717) is 18.9 Å². The van der Waals surface area contributed by atoms with Crippen molar-refractivity contribution in [3.05, 3.63) is 42.0 Å². The average Bonchev–Trinajstić information content (AvgIpc) is 2.75. The van der Waals surface area contributed by atoms with Crippen molar-refractivity contribution in [1.82, 2.24) is 14.8 Å². The molecule has 0 amide bonds. The average molecular weight is 247 g/mol. The minimum Gasteiger partial charge on any atom is -0.493 e. The van der Waals surface area contributed by atoms with E-state index in [2.05, 4.69) is 10.1 Å². The van der Waals surface area contributed by atoms with E-state index in [1.807, 2.05) is 31.2 Å². The molecule has 5 heteroatoms. The highest BCUT2D eigenvalue weighted by Gasteiger charge is 2.12. The second kappa shape index (κ2) is 5.64. The lowest BCUT2D eigenvalue weighted by Gasteiger charge is -2.11. The molecule has 1 aromatic carbocycles. The molecule has 5 nitrogen and oxygen atoms in total. The number of hydrogen-bond donors (Lipinski definition) is 1. The topological polar surface area (TPSA) is 60.2 Å². The monoisotopic (exact) mass is 247 g/mol. The van der Waals surface area contributed by atoms with Gasteiger partial charge in [0.2, 0.25) is 0 Å². The van der Waals surface area contributed by atoms with E-state index in [1.165, 1.54) is 6.33 Å². The number of aromatic nitrogens is 3. The molecule has 18 heavy (non-hydrogen) atoms. The van der Waals surface area contributed by atoms with Gasteiger partial charge in [0.05, 0.1) is 6.61 Å². The SMILES string of the molecule is Cc1cccc(OCCC(O)c2ncnn2C)c1. The van der Waals surface area contributed by atoms with E-state index in [0.717, 1.165) is 11.3 Å². The third-order valence-electron chi connectivity index (χ3n) is 2.69. The number of aryl methyl sites for hydroxylation is 2. The van der Waals surface area contributed by atoms with E-state index in [4.69, 9.17) is 4.74 Å². The summed E-state index contributed by atoms with van der Waals surface area (Å²) in [6, 6.07) is 7.83. The maximum Gasteiger partial charge on any atom is 0.155 e. The Morgan fingerprint density at radius 3 is 2.94 bits per heavy atom. The molecule has 0 aliphatic heterocycles. The van der Waals surface area contributed by atoms with Gasteiger partial charge < -0.3 is 9.84 Å². The van der Waals surface area contributed by atoms with Gasteiger partial charge in [0.15, 0.2) is 5.82 Å². The number of hydrogen-bond acceptors (Lipinski definition) is 4. The van der Waals surface area contributed by atoms with Crippen LogP contribution >= 0.6 is 0 Å². The van der Waals surface area contributed by atoms with Crippen LogP contribution in [0.4, 0.5) is 0 Å². The highest BCUT2D eigenvalue weighted by molar-refractivity contribution is 5.27. The van der Waals surface area contributed by atoms with Crippen LogP contribution < -0.4 is 4.74 Å². The third-order valence-corrected chi connectivity index (χ3v) is 2.69. The van der Waals surface area contributed by atoms with Crippen molar-refractivity contribution in [2.45, 2.75) is 19.4 Å². The molecule has 1 unspecified atom stereocenters. The molecule has 1 N–H and O–H groups in total. The molecule has 1 heterocycles. The maximum absolute atomic E-state index is 9.92. The summed E-state index contributed by atoms with van der Waals surface area (Å²) in [7, 11) is 1.76. The van der Waals surface area contributed by atoms with Crippen LogP contribution in [-0.4, -0.2) is 26.5 Å². The summed E-state index contributed by atoms with van der Waals surface area (Å²) in [5.41, 5.74) is 1.15. The lowest BCUT2D eigenvalue weighted by atomic mass is 10.2.